The van der Waals surface area contributed by atoms with Gasteiger partial charge in [0.15, 0.2) is 11.5 Å². The average Bonchev–Trinajstić information content (AvgIpc) is 2.68. The van der Waals surface area contributed by atoms with Gasteiger partial charge < -0.3 is 4.74 Å². The second-order valence-electron chi connectivity index (χ2n) is 5.81. The van der Waals surface area contributed by atoms with Crippen molar-refractivity contribution in [3.63, 3.8) is 0 Å². The maximum absolute atomic E-state index is 12.7. The summed E-state index contributed by atoms with van der Waals surface area (Å²) in [5, 5.41) is 0.945. The zero-order valence-electron chi connectivity index (χ0n) is 15.1. The molecule has 0 N–H and O–H groups in total. The van der Waals surface area contributed by atoms with Crippen molar-refractivity contribution in [3.05, 3.63) is 45.1 Å². The highest BCUT2D eigenvalue weighted by atomic mass is 32.2. The molecule has 3 aromatic rings. The summed E-state index contributed by atoms with van der Waals surface area (Å²) in [6, 6.07) is 7.41. The highest BCUT2D eigenvalue weighted by Gasteiger charge is 2.19. The van der Waals surface area contributed by atoms with E-state index in [0.29, 0.717) is 33.2 Å². The predicted molar refractivity (Wildman–Crippen MR) is 103 cm³/mol. The fraction of sp³-hybridized carbons (Fsp3) is 0.333. The standard InChI is InChI=1S/C18H20N4O3S/c1-5-10-26-16-13-15(21(2)18(24)22(3)17(13)23)19-14(20-16)11-8-6-7-9-12(11)25-4/h6-9H,5,10H2,1-4H3. The molecule has 0 aliphatic carbocycles. The van der Waals surface area contributed by atoms with Crippen LogP contribution in [0.25, 0.3) is 22.4 Å². The topological polar surface area (TPSA) is 79.0 Å². The second-order valence-corrected chi connectivity index (χ2v) is 6.89. The van der Waals surface area contributed by atoms with Crippen LogP contribution in [-0.4, -0.2) is 32.0 Å². The van der Waals surface area contributed by atoms with E-state index in [0.717, 1.165) is 16.7 Å². The van der Waals surface area contributed by atoms with E-state index >= 15 is 0 Å². The van der Waals surface area contributed by atoms with Gasteiger partial charge in [-0.2, -0.15) is 0 Å². The first kappa shape index (κ1) is 18.2. The van der Waals surface area contributed by atoms with Crippen LogP contribution in [0.2, 0.25) is 0 Å². The molecule has 136 valence electrons. The lowest BCUT2D eigenvalue weighted by Gasteiger charge is -2.13. The van der Waals surface area contributed by atoms with Gasteiger partial charge in [-0.3, -0.25) is 13.9 Å². The van der Waals surface area contributed by atoms with E-state index in [4.69, 9.17) is 4.74 Å². The number of aromatic nitrogens is 4. The van der Waals surface area contributed by atoms with Gasteiger partial charge in [-0.05, 0) is 24.3 Å². The van der Waals surface area contributed by atoms with E-state index in [1.807, 2.05) is 24.3 Å². The highest BCUT2D eigenvalue weighted by Crippen LogP contribution is 2.31. The molecule has 0 amide bonds. The van der Waals surface area contributed by atoms with E-state index in [2.05, 4.69) is 16.9 Å². The van der Waals surface area contributed by atoms with Gasteiger partial charge in [-0.1, -0.05) is 19.1 Å². The zero-order chi connectivity index (χ0) is 18.8. The molecule has 0 unspecified atom stereocenters. The van der Waals surface area contributed by atoms with Crippen LogP contribution < -0.4 is 16.0 Å². The summed E-state index contributed by atoms with van der Waals surface area (Å²) >= 11 is 1.49. The Kier molecular flexibility index (Phi) is 5.13. The lowest BCUT2D eigenvalue weighted by atomic mass is 10.2. The van der Waals surface area contributed by atoms with Gasteiger partial charge >= 0.3 is 5.69 Å². The van der Waals surface area contributed by atoms with Gasteiger partial charge in [0.25, 0.3) is 5.56 Å². The summed E-state index contributed by atoms with van der Waals surface area (Å²) in [4.78, 5) is 34.2. The van der Waals surface area contributed by atoms with Crippen molar-refractivity contribution >= 4 is 22.8 Å². The quantitative estimate of drug-likeness (QED) is 0.505. The van der Waals surface area contributed by atoms with E-state index < -0.39 is 5.69 Å². The van der Waals surface area contributed by atoms with Crippen molar-refractivity contribution in [2.45, 2.75) is 18.4 Å². The van der Waals surface area contributed by atoms with E-state index in [-0.39, 0.29) is 5.56 Å². The van der Waals surface area contributed by atoms with Gasteiger partial charge in [-0.25, -0.2) is 14.8 Å². The number of ether oxygens (including phenoxy) is 1. The molecule has 2 heterocycles. The van der Waals surface area contributed by atoms with Crippen molar-refractivity contribution in [2.24, 2.45) is 14.1 Å². The Morgan fingerprint density at radius 2 is 1.85 bits per heavy atom. The van der Waals surface area contributed by atoms with Crippen molar-refractivity contribution in [1.82, 2.24) is 19.1 Å². The number of thioether (sulfide) groups is 1. The summed E-state index contributed by atoms with van der Waals surface area (Å²) < 4.78 is 7.88. The SMILES string of the molecule is CCCSc1nc(-c2ccccc2OC)nc2c1c(=O)n(C)c(=O)n2C. The zero-order valence-corrected chi connectivity index (χ0v) is 16.0. The molecule has 26 heavy (non-hydrogen) atoms. The molecule has 2 aromatic heterocycles. The van der Waals surface area contributed by atoms with E-state index in [9.17, 15) is 9.59 Å². The Bertz CT molecular complexity index is 1090. The molecule has 0 fully saturated rings. The van der Waals surface area contributed by atoms with Crippen LogP contribution in [0.1, 0.15) is 13.3 Å². The molecule has 7 nitrogen and oxygen atoms in total. The molecule has 0 atom stereocenters. The lowest BCUT2D eigenvalue weighted by Crippen LogP contribution is -2.37. The molecule has 0 spiro atoms. The fourth-order valence-electron chi connectivity index (χ4n) is 2.68. The van der Waals surface area contributed by atoms with E-state index in [1.165, 1.54) is 23.4 Å². The van der Waals surface area contributed by atoms with Crippen LogP contribution in [-0.2, 0) is 14.1 Å². The summed E-state index contributed by atoms with van der Waals surface area (Å²) in [6.07, 6.45) is 0.937. The average molecular weight is 372 g/mol. The Morgan fingerprint density at radius 1 is 1.12 bits per heavy atom. The van der Waals surface area contributed by atoms with Crippen molar-refractivity contribution in [3.8, 4) is 17.1 Å². The first-order valence-electron chi connectivity index (χ1n) is 8.23. The van der Waals surface area contributed by atoms with Gasteiger partial charge in [0.2, 0.25) is 0 Å². The highest BCUT2D eigenvalue weighted by molar-refractivity contribution is 7.99. The van der Waals surface area contributed by atoms with Crippen molar-refractivity contribution in [2.75, 3.05) is 12.9 Å². The van der Waals surface area contributed by atoms with Crippen LogP contribution in [0.4, 0.5) is 0 Å². The smallest absolute Gasteiger partial charge is 0.332 e. The molecule has 0 saturated carbocycles. The molecule has 0 radical (unpaired) electrons. The summed E-state index contributed by atoms with van der Waals surface area (Å²) in [7, 11) is 4.65. The maximum atomic E-state index is 12.7. The largest absolute Gasteiger partial charge is 0.496 e. The first-order chi connectivity index (χ1) is 12.5. The van der Waals surface area contributed by atoms with Gasteiger partial charge in [0.05, 0.1) is 12.7 Å². The minimum absolute atomic E-state index is 0.326. The normalized spacial score (nSPS) is 11.1. The minimum atomic E-state index is -0.418. The molecule has 8 heteroatoms. The number of benzene rings is 1. The number of nitrogens with zero attached hydrogens (tertiary/aromatic N) is 4. The molecule has 0 aliphatic rings. The Balaban J connectivity index is 2.41. The number of hydrogen-bond donors (Lipinski definition) is 0. The number of hydrogen-bond acceptors (Lipinski definition) is 6. The monoisotopic (exact) mass is 372 g/mol. The van der Waals surface area contributed by atoms with E-state index in [1.54, 1.807) is 14.2 Å². The number of methoxy groups -OCH3 is 1. The third-order valence-corrected chi connectivity index (χ3v) is 5.24. The molecular weight excluding hydrogens is 352 g/mol. The second kappa shape index (κ2) is 7.33. The van der Waals surface area contributed by atoms with Gasteiger partial charge in [0.1, 0.15) is 16.2 Å². The molecule has 1 aromatic carbocycles. The first-order valence-corrected chi connectivity index (χ1v) is 9.22. The van der Waals surface area contributed by atoms with Crippen LogP contribution in [0.15, 0.2) is 38.9 Å². The molecular formula is C18H20N4O3S. The van der Waals surface area contributed by atoms with Gasteiger partial charge in [0, 0.05) is 14.1 Å². The van der Waals surface area contributed by atoms with Crippen LogP contribution >= 0.6 is 11.8 Å². The van der Waals surface area contributed by atoms with Crippen LogP contribution in [0.5, 0.6) is 5.75 Å². The Hall–Kier alpha value is -2.61. The molecule has 0 aliphatic heterocycles. The molecule has 3 rings (SSSR count). The minimum Gasteiger partial charge on any atom is -0.496 e. The molecule has 0 bridgehead atoms. The maximum Gasteiger partial charge on any atom is 0.332 e. The van der Waals surface area contributed by atoms with Crippen LogP contribution in [0, 0.1) is 0 Å². The lowest BCUT2D eigenvalue weighted by molar-refractivity contribution is 0.416. The summed E-state index contributed by atoms with van der Waals surface area (Å²) in [5.74, 6) is 1.87. The fourth-order valence-corrected chi connectivity index (χ4v) is 3.55. The third kappa shape index (κ3) is 3.01. The number of para-hydroxylation sites is 1. The summed E-state index contributed by atoms with van der Waals surface area (Å²) in [5.41, 5.74) is 0.239. The number of aryl methyl sites for hydroxylation is 1. The van der Waals surface area contributed by atoms with Crippen molar-refractivity contribution in [1.29, 1.82) is 0 Å². The number of fused-ring (bicyclic) bond motifs is 1. The third-order valence-electron chi connectivity index (χ3n) is 4.06. The molecule has 0 saturated heterocycles. The summed E-state index contributed by atoms with van der Waals surface area (Å²) in [6.45, 7) is 2.06. The Labute approximate surface area is 154 Å². The van der Waals surface area contributed by atoms with Crippen molar-refractivity contribution < 1.29 is 4.74 Å². The predicted octanol–water partition coefficient (Wildman–Crippen LogP) is 2.20. The number of rotatable bonds is 5. The van der Waals surface area contributed by atoms with Gasteiger partial charge in [-0.15, -0.1) is 11.8 Å². The Morgan fingerprint density at radius 3 is 2.54 bits per heavy atom. The van der Waals surface area contributed by atoms with Crippen LogP contribution in [0.3, 0.4) is 0 Å².